The highest BCUT2D eigenvalue weighted by molar-refractivity contribution is 5.81. The van der Waals surface area contributed by atoms with Gasteiger partial charge in [0.25, 0.3) is 0 Å². The number of hydrogen-bond acceptors (Lipinski definition) is 1. The fraction of sp³-hybridized carbons (Fsp3) is 0.100. The van der Waals surface area contributed by atoms with Crippen LogP contribution in [-0.2, 0) is 0 Å². The van der Waals surface area contributed by atoms with E-state index >= 15 is 0 Å². The Labute approximate surface area is 66.9 Å². The molecule has 1 heteroatoms. The maximum Gasteiger partial charge on any atom is 0.0180 e. The van der Waals surface area contributed by atoms with Gasteiger partial charge in [0.05, 0.1) is 0 Å². The molecule has 1 nitrogen and oxygen atoms in total. The lowest BCUT2D eigenvalue weighted by Crippen LogP contribution is -1.77. The van der Waals surface area contributed by atoms with Gasteiger partial charge in [-0.2, -0.15) is 0 Å². The highest BCUT2D eigenvalue weighted by Gasteiger charge is 1.89. The lowest BCUT2D eigenvalue weighted by atomic mass is 10.1. The van der Waals surface area contributed by atoms with E-state index in [1.807, 2.05) is 37.3 Å². The van der Waals surface area contributed by atoms with Gasteiger partial charge in [0.2, 0.25) is 0 Å². The average molecular weight is 145 g/mol. The standard InChI is InChI=1S/C10H11N/c1-9(7-8-11)10-5-3-2-4-6-10/h2-8,11H,1H3/b9-7+,11-8?. The largest absolute Gasteiger partial charge is 0.309 e. The Balaban J connectivity index is 2.94. The third kappa shape index (κ3) is 2.04. The molecule has 0 saturated heterocycles. The molecule has 1 aromatic carbocycles. The molecule has 0 saturated carbocycles. The molecule has 0 atom stereocenters. The van der Waals surface area contributed by atoms with Gasteiger partial charge in [0, 0.05) is 6.21 Å². The summed E-state index contributed by atoms with van der Waals surface area (Å²) in [4.78, 5) is 0. The molecule has 0 aromatic heterocycles. The van der Waals surface area contributed by atoms with E-state index in [9.17, 15) is 0 Å². The molecule has 0 spiro atoms. The number of allylic oxidation sites excluding steroid dienone is 2. The van der Waals surface area contributed by atoms with E-state index in [-0.39, 0.29) is 0 Å². The van der Waals surface area contributed by atoms with Gasteiger partial charge in [-0.25, -0.2) is 0 Å². The summed E-state index contributed by atoms with van der Waals surface area (Å²) in [5.41, 5.74) is 2.30. The predicted octanol–water partition coefficient (Wildman–Crippen LogP) is 2.74. The lowest BCUT2D eigenvalue weighted by molar-refractivity contribution is 1.55. The van der Waals surface area contributed by atoms with Gasteiger partial charge < -0.3 is 5.41 Å². The molecule has 0 bridgehead atoms. The normalized spacial score (nSPS) is 11.2. The summed E-state index contributed by atoms with van der Waals surface area (Å²) in [6, 6.07) is 10.1. The molecule has 1 aromatic rings. The molecule has 1 rings (SSSR count). The van der Waals surface area contributed by atoms with Crippen molar-refractivity contribution in [2.75, 3.05) is 0 Å². The van der Waals surface area contributed by atoms with Gasteiger partial charge in [-0.15, -0.1) is 0 Å². The molecule has 0 heterocycles. The average Bonchev–Trinajstić information content (AvgIpc) is 2.07. The van der Waals surface area contributed by atoms with E-state index < -0.39 is 0 Å². The second kappa shape index (κ2) is 3.71. The SMILES string of the molecule is C/C(=C\C=N)c1ccccc1. The van der Waals surface area contributed by atoms with Crippen LogP contribution >= 0.6 is 0 Å². The summed E-state index contributed by atoms with van der Waals surface area (Å²) >= 11 is 0. The van der Waals surface area contributed by atoms with Crippen LogP contribution in [0.4, 0.5) is 0 Å². The van der Waals surface area contributed by atoms with E-state index in [1.165, 1.54) is 11.8 Å². The summed E-state index contributed by atoms with van der Waals surface area (Å²) in [5, 5.41) is 6.88. The van der Waals surface area contributed by atoms with Gasteiger partial charge in [-0.1, -0.05) is 30.3 Å². The number of benzene rings is 1. The maximum atomic E-state index is 6.88. The van der Waals surface area contributed by atoms with Crippen LogP contribution in [0.15, 0.2) is 36.4 Å². The zero-order chi connectivity index (χ0) is 8.10. The van der Waals surface area contributed by atoms with Crippen LogP contribution in [0.1, 0.15) is 12.5 Å². The lowest BCUT2D eigenvalue weighted by Gasteiger charge is -1.97. The molecule has 11 heavy (non-hydrogen) atoms. The Morgan fingerprint density at radius 2 is 1.91 bits per heavy atom. The summed E-state index contributed by atoms with van der Waals surface area (Å²) in [6.07, 6.45) is 3.09. The molecule has 0 amide bonds. The molecule has 0 aliphatic rings. The predicted molar refractivity (Wildman–Crippen MR) is 48.9 cm³/mol. The van der Waals surface area contributed by atoms with E-state index in [2.05, 4.69) is 0 Å². The molecular weight excluding hydrogens is 134 g/mol. The van der Waals surface area contributed by atoms with E-state index in [0.29, 0.717) is 0 Å². The van der Waals surface area contributed by atoms with E-state index in [0.717, 1.165) is 5.57 Å². The maximum absolute atomic E-state index is 6.88. The van der Waals surface area contributed by atoms with Crippen LogP contribution in [0.3, 0.4) is 0 Å². The smallest absolute Gasteiger partial charge is 0.0180 e. The van der Waals surface area contributed by atoms with Crippen molar-refractivity contribution < 1.29 is 0 Å². The van der Waals surface area contributed by atoms with Crippen LogP contribution in [0.25, 0.3) is 5.57 Å². The minimum Gasteiger partial charge on any atom is -0.309 e. The van der Waals surface area contributed by atoms with Crippen molar-refractivity contribution in [1.82, 2.24) is 0 Å². The van der Waals surface area contributed by atoms with Crippen molar-refractivity contribution in [2.45, 2.75) is 6.92 Å². The number of nitrogens with one attached hydrogen (secondary N) is 1. The minimum absolute atomic E-state index is 1.13. The van der Waals surface area contributed by atoms with Crippen molar-refractivity contribution >= 4 is 11.8 Å². The number of rotatable bonds is 2. The summed E-state index contributed by atoms with van der Waals surface area (Å²) in [5.74, 6) is 0. The summed E-state index contributed by atoms with van der Waals surface area (Å²) < 4.78 is 0. The van der Waals surface area contributed by atoms with Crippen molar-refractivity contribution in [3.05, 3.63) is 42.0 Å². The zero-order valence-corrected chi connectivity index (χ0v) is 6.54. The van der Waals surface area contributed by atoms with E-state index in [1.54, 1.807) is 6.08 Å². The van der Waals surface area contributed by atoms with Gasteiger partial charge in [0.1, 0.15) is 0 Å². The van der Waals surface area contributed by atoms with E-state index in [4.69, 9.17) is 5.41 Å². The first kappa shape index (κ1) is 7.73. The van der Waals surface area contributed by atoms with Crippen molar-refractivity contribution in [3.8, 4) is 0 Å². The Bertz CT molecular complexity index is 259. The minimum atomic E-state index is 1.13. The van der Waals surface area contributed by atoms with Crippen molar-refractivity contribution in [3.63, 3.8) is 0 Å². The van der Waals surface area contributed by atoms with Gasteiger partial charge in [-0.3, -0.25) is 0 Å². The Morgan fingerprint density at radius 1 is 1.27 bits per heavy atom. The molecular formula is C10H11N. The monoisotopic (exact) mass is 145 g/mol. The van der Waals surface area contributed by atoms with Crippen LogP contribution in [-0.4, -0.2) is 6.21 Å². The first-order chi connectivity index (χ1) is 5.34. The molecule has 1 N–H and O–H groups in total. The highest BCUT2D eigenvalue weighted by Crippen LogP contribution is 2.10. The molecule has 0 aliphatic carbocycles. The fourth-order valence-corrected chi connectivity index (χ4v) is 0.922. The first-order valence-corrected chi connectivity index (χ1v) is 3.57. The van der Waals surface area contributed by atoms with Gasteiger partial charge >= 0.3 is 0 Å². The third-order valence-corrected chi connectivity index (χ3v) is 1.56. The topological polar surface area (TPSA) is 23.9 Å². The second-order valence-electron chi connectivity index (χ2n) is 2.38. The van der Waals surface area contributed by atoms with Crippen LogP contribution in [0.2, 0.25) is 0 Å². The Morgan fingerprint density at radius 3 is 2.45 bits per heavy atom. The summed E-state index contributed by atoms with van der Waals surface area (Å²) in [6.45, 7) is 2.00. The quantitative estimate of drug-likeness (QED) is 0.619. The molecule has 0 unspecified atom stereocenters. The highest BCUT2D eigenvalue weighted by atomic mass is 14.3. The Kier molecular flexibility index (Phi) is 2.61. The number of hydrogen-bond donors (Lipinski definition) is 1. The fourth-order valence-electron chi connectivity index (χ4n) is 0.922. The van der Waals surface area contributed by atoms with Gasteiger partial charge in [-0.05, 0) is 24.1 Å². The van der Waals surface area contributed by atoms with Crippen LogP contribution in [0, 0.1) is 5.41 Å². The summed E-state index contributed by atoms with van der Waals surface area (Å²) in [7, 11) is 0. The third-order valence-electron chi connectivity index (χ3n) is 1.56. The van der Waals surface area contributed by atoms with Crippen molar-refractivity contribution in [1.29, 1.82) is 5.41 Å². The van der Waals surface area contributed by atoms with Crippen LogP contribution in [0.5, 0.6) is 0 Å². The van der Waals surface area contributed by atoms with Crippen molar-refractivity contribution in [2.24, 2.45) is 0 Å². The molecule has 0 fully saturated rings. The molecule has 0 aliphatic heterocycles. The van der Waals surface area contributed by atoms with Crippen LogP contribution < -0.4 is 0 Å². The Hall–Kier alpha value is -1.37. The second-order valence-corrected chi connectivity index (χ2v) is 2.38. The first-order valence-electron chi connectivity index (χ1n) is 3.57. The molecule has 0 radical (unpaired) electrons. The zero-order valence-electron chi connectivity index (χ0n) is 6.54. The van der Waals surface area contributed by atoms with Gasteiger partial charge in [0.15, 0.2) is 0 Å². The molecule has 56 valence electrons.